The third-order valence-corrected chi connectivity index (χ3v) is 4.35. The molecule has 0 saturated carbocycles. The third-order valence-electron chi connectivity index (χ3n) is 3.57. The predicted octanol–water partition coefficient (Wildman–Crippen LogP) is 1.77. The van der Waals surface area contributed by atoms with Gasteiger partial charge in [0.2, 0.25) is 0 Å². The van der Waals surface area contributed by atoms with Crippen LogP contribution in [0.4, 0.5) is 0 Å². The van der Waals surface area contributed by atoms with Gasteiger partial charge in [-0.15, -0.1) is 0 Å². The van der Waals surface area contributed by atoms with Gasteiger partial charge in [-0.05, 0) is 30.4 Å². The molecule has 1 aromatic heterocycles. The Balaban J connectivity index is 2.71. The van der Waals surface area contributed by atoms with Crippen LogP contribution in [-0.4, -0.2) is 42.2 Å². The SMILES string of the molecule is CCC(CC(C)C(=O)OCCCO)c1ccc(S(=O)(=O)O)nc1. The first-order chi connectivity index (χ1) is 10.8. The Labute approximate surface area is 136 Å². The van der Waals surface area contributed by atoms with Crippen molar-refractivity contribution in [2.24, 2.45) is 5.92 Å². The number of aliphatic hydroxyl groups is 1. The lowest BCUT2D eigenvalue weighted by Crippen LogP contribution is -2.18. The fourth-order valence-electron chi connectivity index (χ4n) is 2.23. The largest absolute Gasteiger partial charge is 0.465 e. The van der Waals surface area contributed by atoms with Crippen molar-refractivity contribution in [2.45, 2.75) is 44.1 Å². The Kier molecular flexibility index (Phi) is 7.60. The smallest absolute Gasteiger partial charge is 0.312 e. The molecule has 130 valence electrons. The molecular formula is C15H23NO6S. The van der Waals surface area contributed by atoms with Gasteiger partial charge >= 0.3 is 16.1 Å². The number of pyridine rings is 1. The molecule has 0 aliphatic heterocycles. The number of hydrogen-bond acceptors (Lipinski definition) is 6. The van der Waals surface area contributed by atoms with E-state index in [1.807, 2.05) is 6.92 Å². The lowest BCUT2D eigenvalue weighted by Gasteiger charge is -2.19. The van der Waals surface area contributed by atoms with E-state index in [0.29, 0.717) is 12.8 Å². The van der Waals surface area contributed by atoms with Crippen LogP contribution in [0.15, 0.2) is 23.4 Å². The quantitative estimate of drug-likeness (QED) is 0.398. The maximum Gasteiger partial charge on any atom is 0.312 e. The van der Waals surface area contributed by atoms with Crippen LogP contribution in [-0.2, 0) is 19.6 Å². The van der Waals surface area contributed by atoms with Gasteiger partial charge in [0.1, 0.15) is 0 Å². The van der Waals surface area contributed by atoms with Crippen LogP contribution in [0, 0.1) is 5.92 Å². The average Bonchev–Trinajstić information content (AvgIpc) is 2.51. The topological polar surface area (TPSA) is 114 Å². The van der Waals surface area contributed by atoms with Crippen molar-refractivity contribution in [3.63, 3.8) is 0 Å². The zero-order valence-electron chi connectivity index (χ0n) is 13.3. The maximum atomic E-state index is 11.9. The number of esters is 1. The first kappa shape index (κ1) is 19.5. The summed E-state index contributed by atoms with van der Waals surface area (Å²) in [5.74, 6) is -0.613. The summed E-state index contributed by atoms with van der Waals surface area (Å²) in [4.78, 5) is 15.6. The van der Waals surface area contributed by atoms with Gasteiger partial charge in [0.15, 0.2) is 5.03 Å². The summed E-state index contributed by atoms with van der Waals surface area (Å²) in [6, 6.07) is 2.84. The highest BCUT2D eigenvalue weighted by atomic mass is 32.2. The van der Waals surface area contributed by atoms with Crippen molar-refractivity contribution in [1.82, 2.24) is 4.98 Å². The minimum atomic E-state index is -4.31. The molecule has 1 aromatic rings. The molecule has 0 spiro atoms. The lowest BCUT2D eigenvalue weighted by atomic mass is 9.88. The van der Waals surface area contributed by atoms with Crippen LogP contribution >= 0.6 is 0 Å². The van der Waals surface area contributed by atoms with E-state index in [1.165, 1.54) is 12.3 Å². The second-order valence-electron chi connectivity index (χ2n) is 5.39. The minimum absolute atomic E-state index is 0.0228. The van der Waals surface area contributed by atoms with Crippen LogP contribution in [0.1, 0.15) is 44.6 Å². The van der Waals surface area contributed by atoms with Crippen LogP contribution < -0.4 is 0 Å². The summed E-state index contributed by atoms with van der Waals surface area (Å²) in [5.41, 5.74) is 0.801. The highest BCUT2D eigenvalue weighted by molar-refractivity contribution is 7.85. The lowest BCUT2D eigenvalue weighted by molar-refractivity contribution is -0.148. The number of ether oxygens (including phenoxy) is 1. The average molecular weight is 345 g/mol. The molecule has 0 bridgehead atoms. The number of aliphatic hydroxyl groups excluding tert-OH is 1. The number of rotatable bonds is 9. The number of carbonyl (C=O) groups excluding carboxylic acids is 1. The van der Waals surface area contributed by atoms with Gasteiger partial charge in [-0.3, -0.25) is 9.35 Å². The van der Waals surface area contributed by atoms with Gasteiger partial charge in [-0.25, -0.2) is 4.98 Å². The van der Waals surface area contributed by atoms with Crippen molar-refractivity contribution in [1.29, 1.82) is 0 Å². The molecule has 8 heteroatoms. The molecule has 0 radical (unpaired) electrons. The van der Waals surface area contributed by atoms with E-state index >= 15 is 0 Å². The maximum absolute atomic E-state index is 11.9. The Bertz CT molecular complexity index is 599. The molecule has 0 aliphatic rings. The normalized spacial score (nSPS) is 14.3. The zero-order valence-corrected chi connectivity index (χ0v) is 14.1. The van der Waals surface area contributed by atoms with Crippen molar-refractivity contribution in [2.75, 3.05) is 13.2 Å². The molecule has 1 rings (SSSR count). The molecule has 23 heavy (non-hydrogen) atoms. The van der Waals surface area contributed by atoms with E-state index < -0.39 is 15.1 Å². The monoisotopic (exact) mass is 345 g/mol. The van der Waals surface area contributed by atoms with Gasteiger partial charge in [-0.1, -0.05) is 19.9 Å². The Morgan fingerprint density at radius 2 is 2.09 bits per heavy atom. The zero-order chi connectivity index (χ0) is 17.5. The highest BCUT2D eigenvalue weighted by Crippen LogP contribution is 2.27. The standard InChI is InChI=1S/C15H23NO6S/c1-3-12(9-11(2)15(18)22-8-4-7-17)13-5-6-14(16-10-13)23(19,20)21/h5-6,10-12,17H,3-4,7-9H2,1-2H3,(H,19,20,21). The summed E-state index contributed by atoms with van der Waals surface area (Å²) >= 11 is 0. The van der Waals surface area contributed by atoms with Crippen LogP contribution in [0.3, 0.4) is 0 Å². The molecule has 0 amide bonds. The molecule has 2 N–H and O–H groups in total. The Morgan fingerprint density at radius 1 is 1.39 bits per heavy atom. The van der Waals surface area contributed by atoms with E-state index in [2.05, 4.69) is 4.98 Å². The first-order valence-electron chi connectivity index (χ1n) is 7.50. The Morgan fingerprint density at radius 3 is 2.57 bits per heavy atom. The number of carbonyl (C=O) groups is 1. The van der Waals surface area contributed by atoms with Gasteiger partial charge in [0.05, 0.1) is 12.5 Å². The fraction of sp³-hybridized carbons (Fsp3) is 0.600. The molecule has 0 aliphatic carbocycles. The number of nitrogens with zero attached hydrogens (tertiary/aromatic N) is 1. The molecule has 0 aromatic carbocycles. The van der Waals surface area contributed by atoms with Gasteiger partial charge in [-0.2, -0.15) is 8.42 Å². The summed E-state index contributed by atoms with van der Waals surface area (Å²) in [6.45, 7) is 3.90. The third kappa shape index (κ3) is 6.25. The molecule has 2 atom stereocenters. The summed E-state index contributed by atoms with van der Waals surface area (Å²) < 4.78 is 36.0. The molecule has 0 saturated heterocycles. The van der Waals surface area contributed by atoms with E-state index in [4.69, 9.17) is 14.4 Å². The summed E-state index contributed by atoms with van der Waals surface area (Å²) in [5, 5.41) is 8.27. The molecule has 7 nitrogen and oxygen atoms in total. The highest BCUT2D eigenvalue weighted by Gasteiger charge is 2.21. The van der Waals surface area contributed by atoms with Gasteiger partial charge in [0.25, 0.3) is 0 Å². The van der Waals surface area contributed by atoms with E-state index in [9.17, 15) is 13.2 Å². The molecule has 1 heterocycles. The minimum Gasteiger partial charge on any atom is -0.465 e. The summed E-state index contributed by atoms with van der Waals surface area (Å²) in [7, 11) is -4.31. The van der Waals surface area contributed by atoms with Crippen molar-refractivity contribution >= 4 is 16.1 Å². The van der Waals surface area contributed by atoms with Crippen LogP contribution in [0.2, 0.25) is 0 Å². The first-order valence-corrected chi connectivity index (χ1v) is 8.94. The Hall–Kier alpha value is -1.51. The molecule has 2 unspecified atom stereocenters. The van der Waals surface area contributed by atoms with Crippen LogP contribution in [0.25, 0.3) is 0 Å². The number of aromatic nitrogens is 1. The van der Waals surface area contributed by atoms with Crippen molar-refractivity contribution in [3.05, 3.63) is 23.9 Å². The van der Waals surface area contributed by atoms with Crippen molar-refractivity contribution < 1.29 is 27.6 Å². The van der Waals surface area contributed by atoms with E-state index in [-0.39, 0.29) is 31.0 Å². The van der Waals surface area contributed by atoms with Gasteiger partial charge < -0.3 is 9.84 Å². The fourth-order valence-corrected chi connectivity index (χ4v) is 2.65. The molecule has 0 fully saturated rings. The van der Waals surface area contributed by atoms with E-state index in [0.717, 1.165) is 12.0 Å². The number of hydrogen-bond donors (Lipinski definition) is 2. The van der Waals surface area contributed by atoms with Gasteiger partial charge in [0, 0.05) is 19.2 Å². The van der Waals surface area contributed by atoms with Crippen molar-refractivity contribution in [3.8, 4) is 0 Å². The predicted molar refractivity (Wildman–Crippen MR) is 83.5 cm³/mol. The van der Waals surface area contributed by atoms with E-state index in [1.54, 1.807) is 13.0 Å². The molecular weight excluding hydrogens is 322 g/mol. The van der Waals surface area contributed by atoms with Crippen LogP contribution in [0.5, 0.6) is 0 Å². The summed E-state index contributed by atoms with van der Waals surface area (Å²) in [6.07, 6.45) is 3.11. The second-order valence-corrected chi connectivity index (χ2v) is 6.76. The second kappa shape index (κ2) is 8.95.